The van der Waals surface area contributed by atoms with Gasteiger partial charge in [0.2, 0.25) is 5.91 Å². The highest BCUT2D eigenvalue weighted by molar-refractivity contribution is 6.11. The van der Waals surface area contributed by atoms with Crippen LogP contribution in [-0.2, 0) is 25.5 Å². The van der Waals surface area contributed by atoms with Crippen LogP contribution in [0.4, 0.5) is 0 Å². The van der Waals surface area contributed by atoms with Gasteiger partial charge in [0.25, 0.3) is 11.8 Å². The van der Waals surface area contributed by atoms with Gasteiger partial charge in [-0.1, -0.05) is 31.0 Å². The number of piperidine rings is 1. The first-order valence-electron chi connectivity index (χ1n) is 10.4. The van der Waals surface area contributed by atoms with E-state index in [2.05, 4.69) is 0 Å². The fourth-order valence-electron chi connectivity index (χ4n) is 4.89. The third-order valence-corrected chi connectivity index (χ3v) is 6.34. The fraction of sp³-hybridized carbons (Fsp3) is 0.545. The summed E-state index contributed by atoms with van der Waals surface area (Å²) in [5.41, 5.74) is 1.09. The van der Waals surface area contributed by atoms with E-state index in [-0.39, 0.29) is 25.0 Å². The molecule has 29 heavy (non-hydrogen) atoms. The van der Waals surface area contributed by atoms with Crippen molar-refractivity contribution >= 4 is 23.7 Å². The molecule has 0 unspecified atom stereocenters. The Morgan fingerprint density at radius 1 is 1.03 bits per heavy atom. The highest BCUT2D eigenvalue weighted by atomic mass is 16.5. The van der Waals surface area contributed by atoms with E-state index < -0.39 is 24.3 Å². The van der Waals surface area contributed by atoms with E-state index in [1.54, 1.807) is 24.3 Å². The molecular weight excluding hydrogens is 372 g/mol. The van der Waals surface area contributed by atoms with E-state index >= 15 is 0 Å². The summed E-state index contributed by atoms with van der Waals surface area (Å²) in [5, 5.41) is 0. The number of likely N-dealkylation sites (tertiary alicyclic amines) is 1. The Balaban J connectivity index is 1.32. The molecule has 0 bridgehead atoms. The van der Waals surface area contributed by atoms with Gasteiger partial charge < -0.3 is 9.64 Å². The number of nitrogens with zero attached hydrogens (tertiary/aromatic N) is 2. The first-order valence-corrected chi connectivity index (χ1v) is 10.4. The molecule has 0 radical (unpaired) electrons. The molecule has 3 aliphatic rings. The van der Waals surface area contributed by atoms with Crippen LogP contribution in [0.2, 0.25) is 0 Å². The monoisotopic (exact) mass is 398 g/mol. The Morgan fingerprint density at radius 2 is 1.79 bits per heavy atom. The molecule has 1 aromatic rings. The molecule has 4 rings (SSSR count). The van der Waals surface area contributed by atoms with Crippen LogP contribution in [0.5, 0.6) is 0 Å². The average molecular weight is 398 g/mol. The number of esters is 1. The molecule has 7 heteroatoms. The van der Waals surface area contributed by atoms with E-state index in [0.717, 1.165) is 37.0 Å². The lowest BCUT2D eigenvalue weighted by atomic mass is 9.78. The number of carbonyl (C=O) groups is 4. The summed E-state index contributed by atoms with van der Waals surface area (Å²) in [7, 11) is 0. The zero-order valence-electron chi connectivity index (χ0n) is 16.5. The fourth-order valence-corrected chi connectivity index (χ4v) is 4.89. The standard InChI is InChI=1S/C22H26N2O5/c25-19-12-16-7-1-3-9-17(16)22(28)24(19)13-21(27)29-14-20(26)23-11-5-8-15-6-2-4-10-18(15)23/h1,3,7,9,15,18H,2,4-6,8,10-14H2/t15-,18-/m0/s1. The van der Waals surface area contributed by atoms with E-state index in [9.17, 15) is 19.2 Å². The van der Waals surface area contributed by atoms with Crippen LogP contribution in [0.1, 0.15) is 54.4 Å². The van der Waals surface area contributed by atoms with Crippen LogP contribution < -0.4 is 0 Å². The van der Waals surface area contributed by atoms with Gasteiger partial charge in [-0.25, -0.2) is 0 Å². The maximum atomic E-state index is 12.6. The molecule has 1 aliphatic carbocycles. The van der Waals surface area contributed by atoms with Crippen LogP contribution in [0.15, 0.2) is 24.3 Å². The molecule has 1 saturated carbocycles. The minimum atomic E-state index is -0.739. The van der Waals surface area contributed by atoms with Crippen molar-refractivity contribution in [1.82, 2.24) is 9.80 Å². The van der Waals surface area contributed by atoms with Crippen molar-refractivity contribution < 1.29 is 23.9 Å². The van der Waals surface area contributed by atoms with Gasteiger partial charge in [-0.2, -0.15) is 0 Å². The lowest BCUT2D eigenvalue weighted by Crippen LogP contribution is -2.51. The maximum absolute atomic E-state index is 12.6. The van der Waals surface area contributed by atoms with Crippen molar-refractivity contribution in [2.45, 2.75) is 51.0 Å². The van der Waals surface area contributed by atoms with Gasteiger partial charge in [-0.05, 0) is 43.2 Å². The molecule has 1 aromatic carbocycles. The van der Waals surface area contributed by atoms with Crippen molar-refractivity contribution in [2.75, 3.05) is 19.7 Å². The number of imide groups is 1. The van der Waals surface area contributed by atoms with Crippen LogP contribution >= 0.6 is 0 Å². The molecule has 2 fully saturated rings. The van der Waals surface area contributed by atoms with E-state index in [1.165, 1.54) is 6.42 Å². The quantitative estimate of drug-likeness (QED) is 0.572. The van der Waals surface area contributed by atoms with E-state index in [0.29, 0.717) is 23.6 Å². The minimum Gasteiger partial charge on any atom is -0.454 e. The van der Waals surface area contributed by atoms with Crippen molar-refractivity contribution in [3.8, 4) is 0 Å². The molecule has 0 N–H and O–H groups in total. The largest absolute Gasteiger partial charge is 0.454 e. The van der Waals surface area contributed by atoms with Gasteiger partial charge in [-0.15, -0.1) is 0 Å². The van der Waals surface area contributed by atoms with Crippen LogP contribution in [0.25, 0.3) is 0 Å². The van der Waals surface area contributed by atoms with Crippen LogP contribution in [0.3, 0.4) is 0 Å². The summed E-state index contributed by atoms with van der Waals surface area (Å²) in [6.45, 7) is -0.0996. The number of hydrogen-bond acceptors (Lipinski definition) is 5. The second-order valence-corrected chi connectivity index (χ2v) is 8.12. The van der Waals surface area contributed by atoms with Gasteiger partial charge in [-0.3, -0.25) is 24.1 Å². The predicted molar refractivity (Wildman–Crippen MR) is 104 cm³/mol. The van der Waals surface area contributed by atoms with Crippen molar-refractivity contribution in [1.29, 1.82) is 0 Å². The second-order valence-electron chi connectivity index (χ2n) is 8.12. The smallest absolute Gasteiger partial charge is 0.326 e. The summed E-state index contributed by atoms with van der Waals surface area (Å²) in [4.78, 5) is 52.5. The summed E-state index contributed by atoms with van der Waals surface area (Å²) < 4.78 is 5.15. The first-order chi connectivity index (χ1) is 14.0. The zero-order valence-corrected chi connectivity index (χ0v) is 16.5. The lowest BCUT2D eigenvalue weighted by molar-refractivity contribution is -0.156. The first kappa shape index (κ1) is 19.6. The van der Waals surface area contributed by atoms with Gasteiger partial charge in [0.1, 0.15) is 6.54 Å². The zero-order chi connectivity index (χ0) is 20.4. The topological polar surface area (TPSA) is 84.0 Å². The van der Waals surface area contributed by atoms with Gasteiger partial charge in [0, 0.05) is 18.2 Å². The number of ether oxygens (including phenoxy) is 1. The normalized spacial score (nSPS) is 24.0. The summed E-state index contributed by atoms with van der Waals surface area (Å²) >= 11 is 0. The van der Waals surface area contributed by atoms with E-state index in [1.807, 2.05) is 4.90 Å². The van der Waals surface area contributed by atoms with Crippen LogP contribution in [-0.4, -0.2) is 59.2 Å². The Hall–Kier alpha value is -2.70. The molecule has 0 aromatic heterocycles. The molecule has 154 valence electrons. The summed E-state index contributed by atoms with van der Waals surface area (Å²) in [6, 6.07) is 7.12. The summed E-state index contributed by atoms with van der Waals surface area (Å²) in [5.74, 6) is -1.30. The number of hydrogen-bond donors (Lipinski definition) is 0. The Kier molecular flexibility index (Phi) is 5.65. The SMILES string of the molecule is O=C(CN1C(=O)Cc2ccccc2C1=O)OCC(=O)N1CCC[C@@H]2CCCC[C@@H]21. The molecule has 3 amide bonds. The molecular formula is C22H26N2O5. The molecule has 2 aliphatic heterocycles. The number of amides is 3. The average Bonchev–Trinajstić information content (AvgIpc) is 2.74. The number of benzene rings is 1. The molecule has 7 nitrogen and oxygen atoms in total. The summed E-state index contributed by atoms with van der Waals surface area (Å²) in [6.07, 6.45) is 6.75. The van der Waals surface area contributed by atoms with E-state index in [4.69, 9.17) is 4.74 Å². The van der Waals surface area contributed by atoms with Crippen molar-refractivity contribution in [3.63, 3.8) is 0 Å². The molecule has 2 heterocycles. The third-order valence-electron chi connectivity index (χ3n) is 6.34. The van der Waals surface area contributed by atoms with Crippen molar-refractivity contribution in [2.24, 2.45) is 5.92 Å². The Labute approximate surface area is 170 Å². The van der Waals surface area contributed by atoms with Gasteiger partial charge in [0.05, 0.1) is 6.42 Å². The third kappa shape index (κ3) is 4.04. The Bertz CT molecular complexity index is 834. The molecule has 0 spiro atoms. The number of fused-ring (bicyclic) bond motifs is 2. The lowest BCUT2D eigenvalue weighted by Gasteiger charge is -2.44. The molecule has 1 saturated heterocycles. The highest BCUT2D eigenvalue weighted by Crippen LogP contribution is 2.35. The number of carbonyl (C=O) groups excluding carboxylic acids is 4. The van der Waals surface area contributed by atoms with Crippen molar-refractivity contribution in [3.05, 3.63) is 35.4 Å². The maximum Gasteiger partial charge on any atom is 0.326 e. The van der Waals surface area contributed by atoms with Gasteiger partial charge in [0.15, 0.2) is 6.61 Å². The van der Waals surface area contributed by atoms with Crippen LogP contribution in [0, 0.1) is 5.92 Å². The highest BCUT2D eigenvalue weighted by Gasteiger charge is 2.36. The minimum absolute atomic E-state index is 0.0744. The van der Waals surface area contributed by atoms with Gasteiger partial charge >= 0.3 is 5.97 Å². The number of rotatable bonds is 4. The Morgan fingerprint density at radius 3 is 2.66 bits per heavy atom. The second kappa shape index (κ2) is 8.35. The predicted octanol–water partition coefficient (Wildman–Crippen LogP) is 1.94. The molecule has 2 atom stereocenters.